The molecule has 90 valence electrons. The van der Waals surface area contributed by atoms with E-state index in [1.54, 1.807) is 18.3 Å². The fraction of sp³-hybridized carbons (Fsp3) is 0.571. The number of nitriles is 1. The van der Waals surface area contributed by atoms with Crippen molar-refractivity contribution in [1.82, 2.24) is 4.98 Å². The number of rotatable bonds is 2. The Morgan fingerprint density at radius 3 is 2.47 bits per heavy atom. The summed E-state index contributed by atoms with van der Waals surface area (Å²) in [5.74, 6) is 2.08. The second-order valence-corrected chi connectivity index (χ2v) is 5.15. The SMILES string of the molecule is CC1CC(C)CC(Oc2ccc(C#N)cn2)C1. The lowest BCUT2D eigenvalue weighted by molar-refractivity contribution is 0.0967. The lowest BCUT2D eigenvalue weighted by atomic mass is 9.82. The van der Waals surface area contributed by atoms with Gasteiger partial charge in [-0.15, -0.1) is 0 Å². The minimum absolute atomic E-state index is 0.272. The molecule has 0 spiro atoms. The second-order valence-electron chi connectivity index (χ2n) is 5.15. The molecule has 1 aromatic rings. The molecule has 1 aromatic heterocycles. The fourth-order valence-electron chi connectivity index (χ4n) is 2.66. The third-order valence-corrected chi connectivity index (χ3v) is 3.29. The molecule has 0 amide bonds. The summed E-state index contributed by atoms with van der Waals surface area (Å²) in [6.07, 6.45) is 5.33. The fourth-order valence-corrected chi connectivity index (χ4v) is 2.66. The van der Waals surface area contributed by atoms with E-state index in [0.29, 0.717) is 11.4 Å². The molecule has 2 atom stereocenters. The van der Waals surface area contributed by atoms with Crippen molar-refractivity contribution in [3.8, 4) is 11.9 Å². The Kier molecular flexibility index (Phi) is 3.63. The van der Waals surface area contributed by atoms with Crippen molar-refractivity contribution >= 4 is 0 Å². The quantitative estimate of drug-likeness (QED) is 0.784. The van der Waals surface area contributed by atoms with E-state index in [0.717, 1.165) is 24.7 Å². The second kappa shape index (κ2) is 5.18. The minimum atomic E-state index is 0.272. The summed E-state index contributed by atoms with van der Waals surface area (Å²) in [5, 5.41) is 8.69. The van der Waals surface area contributed by atoms with E-state index < -0.39 is 0 Å². The van der Waals surface area contributed by atoms with Crippen LogP contribution in [0.3, 0.4) is 0 Å². The van der Waals surface area contributed by atoms with Gasteiger partial charge in [0.1, 0.15) is 12.2 Å². The summed E-state index contributed by atoms with van der Waals surface area (Å²) in [6, 6.07) is 5.58. The highest BCUT2D eigenvalue weighted by molar-refractivity contribution is 5.28. The average Bonchev–Trinajstić information content (AvgIpc) is 2.28. The predicted octanol–water partition coefficient (Wildman–Crippen LogP) is 3.16. The molecule has 3 heteroatoms. The van der Waals surface area contributed by atoms with Gasteiger partial charge in [-0.25, -0.2) is 4.98 Å². The molecule has 0 aliphatic heterocycles. The van der Waals surface area contributed by atoms with Crippen LogP contribution in [0.25, 0.3) is 0 Å². The van der Waals surface area contributed by atoms with Gasteiger partial charge in [-0.3, -0.25) is 0 Å². The van der Waals surface area contributed by atoms with Crippen molar-refractivity contribution < 1.29 is 4.74 Å². The van der Waals surface area contributed by atoms with Gasteiger partial charge in [-0.2, -0.15) is 5.26 Å². The Balaban J connectivity index is 1.98. The van der Waals surface area contributed by atoms with E-state index in [2.05, 4.69) is 24.9 Å². The monoisotopic (exact) mass is 230 g/mol. The number of pyridine rings is 1. The molecule has 1 aliphatic rings. The van der Waals surface area contributed by atoms with Gasteiger partial charge < -0.3 is 4.74 Å². The molecular formula is C14H18N2O. The Labute approximate surface area is 102 Å². The summed E-state index contributed by atoms with van der Waals surface area (Å²) >= 11 is 0. The van der Waals surface area contributed by atoms with E-state index in [-0.39, 0.29) is 6.10 Å². The summed E-state index contributed by atoms with van der Waals surface area (Å²) in [6.45, 7) is 4.55. The van der Waals surface area contributed by atoms with E-state index in [1.165, 1.54) is 6.42 Å². The highest BCUT2D eigenvalue weighted by Gasteiger charge is 2.25. The average molecular weight is 230 g/mol. The summed E-state index contributed by atoms with van der Waals surface area (Å²) in [7, 11) is 0. The van der Waals surface area contributed by atoms with Crippen LogP contribution in [-0.2, 0) is 0 Å². The molecule has 1 fully saturated rings. The normalized spacial score (nSPS) is 28.4. The molecule has 0 N–H and O–H groups in total. The number of nitrogens with zero attached hydrogens (tertiary/aromatic N) is 2. The Bertz CT molecular complexity index is 397. The van der Waals surface area contributed by atoms with Crippen LogP contribution in [0.5, 0.6) is 5.88 Å². The largest absolute Gasteiger partial charge is 0.474 e. The van der Waals surface area contributed by atoms with Crippen LogP contribution >= 0.6 is 0 Å². The van der Waals surface area contributed by atoms with Crippen molar-refractivity contribution in [3.63, 3.8) is 0 Å². The van der Waals surface area contributed by atoms with E-state index in [1.807, 2.05) is 0 Å². The summed E-state index contributed by atoms with van der Waals surface area (Å²) in [4.78, 5) is 4.15. The van der Waals surface area contributed by atoms with Gasteiger partial charge in [0.15, 0.2) is 0 Å². The van der Waals surface area contributed by atoms with E-state index in [4.69, 9.17) is 10.00 Å². The van der Waals surface area contributed by atoms with Gasteiger partial charge in [0, 0.05) is 12.3 Å². The van der Waals surface area contributed by atoms with Crippen LogP contribution in [0.2, 0.25) is 0 Å². The molecule has 0 saturated heterocycles. The zero-order chi connectivity index (χ0) is 12.3. The van der Waals surface area contributed by atoms with Gasteiger partial charge in [-0.1, -0.05) is 13.8 Å². The van der Waals surface area contributed by atoms with Crippen LogP contribution in [-0.4, -0.2) is 11.1 Å². The van der Waals surface area contributed by atoms with Crippen molar-refractivity contribution in [3.05, 3.63) is 23.9 Å². The zero-order valence-electron chi connectivity index (χ0n) is 10.4. The molecule has 0 radical (unpaired) electrons. The number of hydrogen-bond acceptors (Lipinski definition) is 3. The molecule has 17 heavy (non-hydrogen) atoms. The van der Waals surface area contributed by atoms with Crippen LogP contribution in [0.1, 0.15) is 38.7 Å². The maximum atomic E-state index is 8.69. The number of hydrogen-bond donors (Lipinski definition) is 0. The molecule has 2 unspecified atom stereocenters. The summed E-state index contributed by atoms with van der Waals surface area (Å²) < 4.78 is 5.88. The molecular weight excluding hydrogens is 212 g/mol. The lowest BCUT2D eigenvalue weighted by Gasteiger charge is -2.31. The first-order chi connectivity index (χ1) is 8.17. The van der Waals surface area contributed by atoms with Gasteiger partial charge in [0.25, 0.3) is 0 Å². The molecule has 2 rings (SSSR count). The van der Waals surface area contributed by atoms with Crippen molar-refractivity contribution in [2.24, 2.45) is 11.8 Å². The Morgan fingerprint density at radius 2 is 1.94 bits per heavy atom. The smallest absolute Gasteiger partial charge is 0.213 e. The molecule has 0 bridgehead atoms. The van der Waals surface area contributed by atoms with Crippen LogP contribution in [0.15, 0.2) is 18.3 Å². The Morgan fingerprint density at radius 1 is 1.24 bits per heavy atom. The number of ether oxygens (including phenoxy) is 1. The van der Waals surface area contributed by atoms with Crippen molar-refractivity contribution in [2.45, 2.75) is 39.2 Å². The molecule has 1 saturated carbocycles. The maximum Gasteiger partial charge on any atom is 0.213 e. The summed E-state index contributed by atoms with van der Waals surface area (Å²) in [5.41, 5.74) is 0.572. The maximum absolute atomic E-state index is 8.69. The first-order valence-electron chi connectivity index (χ1n) is 6.20. The van der Waals surface area contributed by atoms with Crippen molar-refractivity contribution in [2.75, 3.05) is 0 Å². The topological polar surface area (TPSA) is 45.9 Å². The minimum Gasteiger partial charge on any atom is -0.474 e. The molecule has 3 nitrogen and oxygen atoms in total. The Hall–Kier alpha value is -1.56. The number of aromatic nitrogens is 1. The standard InChI is InChI=1S/C14H18N2O/c1-10-5-11(2)7-13(6-10)17-14-4-3-12(8-15)9-16-14/h3-4,9-11,13H,5-7H2,1-2H3. The van der Waals surface area contributed by atoms with Crippen LogP contribution in [0.4, 0.5) is 0 Å². The van der Waals surface area contributed by atoms with Gasteiger partial charge in [-0.05, 0) is 37.2 Å². The van der Waals surface area contributed by atoms with E-state index >= 15 is 0 Å². The highest BCUT2D eigenvalue weighted by Crippen LogP contribution is 2.30. The van der Waals surface area contributed by atoms with Gasteiger partial charge in [0.2, 0.25) is 5.88 Å². The molecule has 1 heterocycles. The molecule has 0 aromatic carbocycles. The van der Waals surface area contributed by atoms with Gasteiger partial charge in [0.05, 0.1) is 5.56 Å². The predicted molar refractivity (Wildman–Crippen MR) is 65.5 cm³/mol. The lowest BCUT2D eigenvalue weighted by Crippen LogP contribution is -2.28. The van der Waals surface area contributed by atoms with Crippen LogP contribution in [0, 0.1) is 23.2 Å². The third-order valence-electron chi connectivity index (χ3n) is 3.29. The third kappa shape index (κ3) is 3.20. The first kappa shape index (κ1) is 11.9. The van der Waals surface area contributed by atoms with Crippen molar-refractivity contribution in [1.29, 1.82) is 5.26 Å². The highest BCUT2D eigenvalue weighted by atomic mass is 16.5. The van der Waals surface area contributed by atoms with Crippen LogP contribution < -0.4 is 4.74 Å². The first-order valence-corrected chi connectivity index (χ1v) is 6.20. The van der Waals surface area contributed by atoms with Gasteiger partial charge >= 0.3 is 0 Å². The van der Waals surface area contributed by atoms with E-state index in [9.17, 15) is 0 Å². The zero-order valence-corrected chi connectivity index (χ0v) is 10.4. The molecule has 1 aliphatic carbocycles.